The van der Waals surface area contributed by atoms with E-state index in [0.717, 1.165) is 41.0 Å². The SMILES string of the molecule is Cc1sc2nc(SC(C)C(=O)Nc3ccc(C(N)=O)cc3)n(C3CCCC3)c(=O)c2c1C. The second kappa shape index (κ2) is 9.07. The molecule has 0 aliphatic heterocycles. The monoisotopic (exact) mass is 470 g/mol. The maximum atomic E-state index is 13.5. The Morgan fingerprint density at radius 2 is 1.88 bits per heavy atom. The zero-order chi connectivity index (χ0) is 23.0. The van der Waals surface area contributed by atoms with Crippen LogP contribution >= 0.6 is 23.1 Å². The molecule has 0 radical (unpaired) electrons. The van der Waals surface area contributed by atoms with E-state index in [1.807, 2.05) is 18.4 Å². The Hall–Kier alpha value is -2.65. The summed E-state index contributed by atoms with van der Waals surface area (Å²) in [4.78, 5) is 44.2. The van der Waals surface area contributed by atoms with Crippen molar-refractivity contribution in [3.63, 3.8) is 0 Å². The number of benzene rings is 1. The van der Waals surface area contributed by atoms with Crippen molar-refractivity contribution in [1.82, 2.24) is 9.55 Å². The summed E-state index contributed by atoms with van der Waals surface area (Å²) in [6, 6.07) is 6.56. The third-order valence-electron chi connectivity index (χ3n) is 5.98. The number of nitrogens with zero attached hydrogens (tertiary/aromatic N) is 2. The van der Waals surface area contributed by atoms with E-state index in [1.54, 1.807) is 31.2 Å². The molecule has 2 aromatic heterocycles. The minimum absolute atomic E-state index is 0.000832. The molecule has 1 fully saturated rings. The number of thioether (sulfide) groups is 1. The van der Waals surface area contributed by atoms with Gasteiger partial charge in [-0.3, -0.25) is 19.0 Å². The summed E-state index contributed by atoms with van der Waals surface area (Å²) >= 11 is 2.83. The molecule has 3 aromatic rings. The van der Waals surface area contributed by atoms with Crippen LogP contribution in [-0.4, -0.2) is 26.6 Å². The summed E-state index contributed by atoms with van der Waals surface area (Å²) < 4.78 is 1.82. The number of aromatic nitrogens is 2. The minimum atomic E-state index is -0.516. The zero-order valence-corrected chi connectivity index (χ0v) is 19.9. The highest BCUT2D eigenvalue weighted by atomic mass is 32.2. The average Bonchev–Trinajstić information content (AvgIpc) is 3.37. The van der Waals surface area contributed by atoms with Gasteiger partial charge in [0.1, 0.15) is 4.83 Å². The highest BCUT2D eigenvalue weighted by Gasteiger charge is 2.27. The van der Waals surface area contributed by atoms with Crippen LogP contribution in [0.15, 0.2) is 34.2 Å². The van der Waals surface area contributed by atoms with Gasteiger partial charge in [-0.2, -0.15) is 0 Å². The van der Waals surface area contributed by atoms with Crippen molar-refractivity contribution in [2.45, 2.75) is 62.9 Å². The fourth-order valence-corrected chi connectivity index (χ4v) is 6.08. The Labute approximate surface area is 194 Å². The van der Waals surface area contributed by atoms with Crippen molar-refractivity contribution in [2.75, 3.05) is 5.32 Å². The summed E-state index contributed by atoms with van der Waals surface area (Å²) in [7, 11) is 0. The summed E-state index contributed by atoms with van der Waals surface area (Å²) in [5.74, 6) is -0.718. The van der Waals surface area contributed by atoms with Gasteiger partial charge in [-0.15, -0.1) is 11.3 Å². The molecule has 1 atom stereocenters. The van der Waals surface area contributed by atoms with E-state index in [0.29, 0.717) is 21.8 Å². The molecule has 3 N–H and O–H groups in total. The summed E-state index contributed by atoms with van der Waals surface area (Å²) in [6.45, 7) is 5.79. The number of amides is 2. The van der Waals surface area contributed by atoms with Crippen LogP contribution in [-0.2, 0) is 4.79 Å². The normalized spacial score (nSPS) is 15.2. The van der Waals surface area contributed by atoms with Gasteiger partial charge in [0.15, 0.2) is 5.16 Å². The summed E-state index contributed by atoms with van der Waals surface area (Å²) in [5, 5.41) is 3.69. The molecule has 1 saturated carbocycles. The Morgan fingerprint density at radius 3 is 2.50 bits per heavy atom. The Bertz CT molecular complexity index is 1240. The number of hydrogen-bond acceptors (Lipinski definition) is 6. The second-order valence-electron chi connectivity index (χ2n) is 8.16. The molecule has 1 aliphatic carbocycles. The van der Waals surface area contributed by atoms with Gasteiger partial charge in [-0.25, -0.2) is 4.98 Å². The number of primary amides is 1. The van der Waals surface area contributed by atoms with E-state index in [1.165, 1.54) is 23.1 Å². The number of rotatable bonds is 6. The lowest BCUT2D eigenvalue weighted by atomic mass is 10.2. The minimum Gasteiger partial charge on any atom is -0.366 e. The third-order valence-corrected chi connectivity index (χ3v) is 8.15. The summed E-state index contributed by atoms with van der Waals surface area (Å²) in [6.07, 6.45) is 4.10. The van der Waals surface area contributed by atoms with Gasteiger partial charge in [-0.1, -0.05) is 24.6 Å². The van der Waals surface area contributed by atoms with Gasteiger partial charge < -0.3 is 11.1 Å². The standard InChI is InChI=1S/C23H26N4O3S2/c1-12-13(2)31-21-18(12)22(30)27(17-6-4-5-7-17)23(26-21)32-14(3)20(29)25-16-10-8-15(9-11-16)19(24)28/h8-11,14,17H,4-7H2,1-3H3,(H2,24,28)(H,25,29). The molecular weight excluding hydrogens is 444 g/mol. The number of carbonyl (C=O) groups excluding carboxylic acids is 2. The number of nitrogens with one attached hydrogen (secondary N) is 1. The number of hydrogen-bond donors (Lipinski definition) is 2. The molecular formula is C23H26N4O3S2. The molecule has 168 valence electrons. The maximum Gasteiger partial charge on any atom is 0.263 e. The Kier molecular flexibility index (Phi) is 6.39. The lowest BCUT2D eigenvalue weighted by molar-refractivity contribution is -0.115. The maximum absolute atomic E-state index is 13.5. The van der Waals surface area contributed by atoms with Crippen LogP contribution in [0.25, 0.3) is 10.2 Å². The first-order valence-electron chi connectivity index (χ1n) is 10.7. The highest BCUT2D eigenvalue weighted by Crippen LogP contribution is 2.35. The molecule has 9 heteroatoms. The van der Waals surface area contributed by atoms with Crippen LogP contribution in [0.1, 0.15) is 59.4 Å². The van der Waals surface area contributed by atoms with E-state index in [2.05, 4.69) is 5.32 Å². The van der Waals surface area contributed by atoms with Crippen LogP contribution in [0, 0.1) is 13.8 Å². The van der Waals surface area contributed by atoms with Crippen molar-refractivity contribution < 1.29 is 9.59 Å². The van der Waals surface area contributed by atoms with E-state index < -0.39 is 11.2 Å². The number of aryl methyl sites for hydroxylation is 2. The summed E-state index contributed by atoms with van der Waals surface area (Å²) in [5.41, 5.74) is 7.22. The first kappa shape index (κ1) is 22.5. The quantitative estimate of drug-likeness (QED) is 0.410. The molecule has 0 spiro atoms. The Morgan fingerprint density at radius 1 is 1.22 bits per heavy atom. The van der Waals surface area contributed by atoms with E-state index in [4.69, 9.17) is 10.7 Å². The molecule has 1 aromatic carbocycles. The molecule has 4 rings (SSSR count). The molecule has 1 aliphatic rings. The van der Waals surface area contributed by atoms with Crippen molar-refractivity contribution in [3.8, 4) is 0 Å². The number of anilines is 1. The highest BCUT2D eigenvalue weighted by molar-refractivity contribution is 8.00. The smallest absolute Gasteiger partial charge is 0.263 e. The fourth-order valence-electron chi connectivity index (χ4n) is 4.03. The van der Waals surface area contributed by atoms with Crippen molar-refractivity contribution in [2.24, 2.45) is 5.73 Å². The lowest BCUT2D eigenvalue weighted by Crippen LogP contribution is -2.29. The van der Waals surface area contributed by atoms with Crippen molar-refractivity contribution in [1.29, 1.82) is 0 Å². The Balaban J connectivity index is 1.62. The number of nitrogens with two attached hydrogens (primary N) is 1. The number of carbonyl (C=O) groups is 2. The molecule has 1 unspecified atom stereocenters. The second-order valence-corrected chi connectivity index (χ2v) is 10.7. The zero-order valence-electron chi connectivity index (χ0n) is 18.3. The average molecular weight is 471 g/mol. The van der Waals surface area contributed by atoms with Gasteiger partial charge >= 0.3 is 0 Å². The predicted molar refractivity (Wildman–Crippen MR) is 130 cm³/mol. The van der Waals surface area contributed by atoms with Gasteiger partial charge in [0.05, 0.1) is 10.6 Å². The van der Waals surface area contributed by atoms with Crippen LogP contribution < -0.4 is 16.6 Å². The molecule has 32 heavy (non-hydrogen) atoms. The van der Waals surface area contributed by atoms with Crippen LogP contribution in [0.5, 0.6) is 0 Å². The van der Waals surface area contributed by atoms with Gasteiger partial charge in [0.2, 0.25) is 11.8 Å². The first-order valence-corrected chi connectivity index (χ1v) is 12.4. The molecule has 7 nitrogen and oxygen atoms in total. The van der Waals surface area contributed by atoms with Gasteiger partial charge in [0.25, 0.3) is 5.56 Å². The number of thiophene rings is 1. The van der Waals surface area contributed by atoms with Crippen LogP contribution in [0.2, 0.25) is 0 Å². The van der Waals surface area contributed by atoms with E-state index in [9.17, 15) is 14.4 Å². The van der Waals surface area contributed by atoms with Gasteiger partial charge in [-0.05, 0) is 63.4 Å². The number of fused-ring (bicyclic) bond motifs is 1. The molecule has 0 saturated heterocycles. The molecule has 2 heterocycles. The largest absolute Gasteiger partial charge is 0.366 e. The lowest BCUT2D eigenvalue weighted by Gasteiger charge is -2.20. The van der Waals surface area contributed by atoms with E-state index >= 15 is 0 Å². The van der Waals surface area contributed by atoms with Gasteiger partial charge in [0, 0.05) is 22.2 Å². The van der Waals surface area contributed by atoms with E-state index in [-0.39, 0.29) is 17.5 Å². The predicted octanol–water partition coefficient (Wildman–Crippen LogP) is 4.41. The first-order chi connectivity index (χ1) is 15.3. The molecule has 0 bridgehead atoms. The molecule has 2 amide bonds. The fraction of sp³-hybridized carbons (Fsp3) is 0.391. The topological polar surface area (TPSA) is 107 Å². The van der Waals surface area contributed by atoms with Crippen LogP contribution in [0.3, 0.4) is 0 Å². The van der Waals surface area contributed by atoms with Crippen molar-refractivity contribution >= 4 is 50.8 Å². The third kappa shape index (κ3) is 4.31. The van der Waals surface area contributed by atoms with Crippen molar-refractivity contribution in [3.05, 3.63) is 50.6 Å². The van der Waals surface area contributed by atoms with Crippen LogP contribution in [0.4, 0.5) is 5.69 Å².